The van der Waals surface area contributed by atoms with E-state index in [1.807, 2.05) is 24.3 Å². The molecule has 0 radical (unpaired) electrons. The molecule has 0 aliphatic carbocycles. The summed E-state index contributed by atoms with van der Waals surface area (Å²) >= 11 is 6.29. The average molecular weight is 304 g/mol. The standard InChI is InChI=1S/C16H18ClN3O/c1-19-16(21)15-5-3-12(10-20-15)8-13-4-2-11(6-7-18)9-14(13)17/h2-5,9-10H,6-8,18H2,1H3,(H,19,21). The van der Waals surface area contributed by atoms with Crippen molar-refractivity contribution < 1.29 is 4.79 Å². The molecule has 0 unspecified atom stereocenters. The van der Waals surface area contributed by atoms with Crippen molar-refractivity contribution in [3.8, 4) is 0 Å². The van der Waals surface area contributed by atoms with Crippen molar-refractivity contribution >= 4 is 17.5 Å². The number of carbonyl (C=O) groups excluding carboxylic acids is 1. The number of amides is 1. The van der Waals surface area contributed by atoms with Crippen molar-refractivity contribution in [1.29, 1.82) is 0 Å². The van der Waals surface area contributed by atoms with Crippen LogP contribution in [-0.2, 0) is 12.8 Å². The van der Waals surface area contributed by atoms with E-state index in [-0.39, 0.29) is 5.91 Å². The third-order valence-corrected chi connectivity index (χ3v) is 3.58. The van der Waals surface area contributed by atoms with Gasteiger partial charge in [-0.3, -0.25) is 9.78 Å². The SMILES string of the molecule is CNC(=O)c1ccc(Cc2ccc(CCN)cc2Cl)cn1. The molecule has 5 heteroatoms. The summed E-state index contributed by atoms with van der Waals surface area (Å²) in [5.41, 5.74) is 9.13. The first-order chi connectivity index (χ1) is 10.1. The number of nitrogens with zero attached hydrogens (tertiary/aromatic N) is 1. The van der Waals surface area contributed by atoms with Gasteiger partial charge in [-0.15, -0.1) is 0 Å². The second-order valence-electron chi connectivity index (χ2n) is 4.77. The summed E-state index contributed by atoms with van der Waals surface area (Å²) in [6.45, 7) is 0.612. The van der Waals surface area contributed by atoms with Gasteiger partial charge in [-0.1, -0.05) is 29.8 Å². The molecule has 2 aromatic rings. The Labute approximate surface area is 129 Å². The molecular formula is C16H18ClN3O. The van der Waals surface area contributed by atoms with Gasteiger partial charge >= 0.3 is 0 Å². The highest BCUT2D eigenvalue weighted by atomic mass is 35.5. The van der Waals surface area contributed by atoms with Crippen molar-refractivity contribution in [2.75, 3.05) is 13.6 Å². The Morgan fingerprint density at radius 1 is 1.29 bits per heavy atom. The molecule has 0 bridgehead atoms. The number of nitrogens with two attached hydrogens (primary N) is 1. The van der Waals surface area contributed by atoms with Crippen LogP contribution in [0.25, 0.3) is 0 Å². The summed E-state index contributed by atoms with van der Waals surface area (Å²) in [6, 6.07) is 9.61. The summed E-state index contributed by atoms with van der Waals surface area (Å²) in [5, 5.41) is 3.28. The minimum atomic E-state index is -0.189. The molecule has 0 atom stereocenters. The van der Waals surface area contributed by atoms with Crippen molar-refractivity contribution in [1.82, 2.24) is 10.3 Å². The monoisotopic (exact) mass is 303 g/mol. The Bertz CT molecular complexity index is 626. The number of rotatable bonds is 5. The van der Waals surface area contributed by atoms with Crippen molar-refractivity contribution in [2.45, 2.75) is 12.8 Å². The van der Waals surface area contributed by atoms with E-state index in [0.717, 1.165) is 28.1 Å². The fourth-order valence-corrected chi connectivity index (χ4v) is 2.34. The smallest absolute Gasteiger partial charge is 0.269 e. The van der Waals surface area contributed by atoms with Crippen molar-refractivity contribution in [3.63, 3.8) is 0 Å². The topological polar surface area (TPSA) is 68.0 Å². The highest BCUT2D eigenvalue weighted by molar-refractivity contribution is 6.31. The molecule has 1 amide bonds. The lowest BCUT2D eigenvalue weighted by Crippen LogP contribution is -2.19. The van der Waals surface area contributed by atoms with Crippen LogP contribution in [0.1, 0.15) is 27.2 Å². The Kier molecular flexibility index (Phi) is 5.31. The molecule has 0 saturated heterocycles. The van der Waals surface area contributed by atoms with E-state index in [1.54, 1.807) is 19.3 Å². The number of benzene rings is 1. The van der Waals surface area contributed by atoms with Crippen LogP contribution in [0, 0.1) is 0 Å². The lowest BCUT2D eigenvalue weighted by Gasteiger charge is -2.07. The first-order valence-electron chi connectivity index (χ1n) is 6.78. The van der Waals surface area contributed by atoms with E-state index in [2.05, 4.69) is 10.3 Å². The molecule has 0 spiro atoms. The number of nitrogens with one attached hydrogen (secondary N) is 1. The van der Waals surface area contributed by atoms with Gasteiger partial charge in [0.15, 0.2) is 0 Å². The van der Waals surface area contributed by atoms with Gasteiger partial charge in [0.25, 0.3) is 5.91 Å². The quantitative estimate of drug-likeness (QED) is 0.889. The molecular weight excluding hydrogens is 286 g/mol. The fourth-order valence-electron chi connectivity index (χ4n) is 2.07. The molecule has 4 nitrogen and oxygen atoms in total. The molecule has 21 heavy (non-hydrogen) atoms. The van der Waals surface area contributed by atoms with Gasteiger partial charge in [-0.2, -0.15) is 0 Å². The average Bonchev–Trinajstić information content (AvgIpc) is 2.50. The highest BCUT2D eigenvalue weighted by Gasteiger charge is 2.07. The summed E-state index contributed by atoms with van der Waals surface area (Å²) < 4.78 is 0. The molecule has 0 fully saturated rings. The lowest BCUT2D eigenvalue weighted by molar-refractivity contribution is 0.0958. The largest absolute Gasteiger partial charge is 0.354 e. The normalized spacial score (nSPS) is 10.4. The molecule has 1 heterocycles. The lowest BCUT2D eigenvalue weighted by atomic mass is 10.0. The van der Waals surface area contributed by atoms with Crippen LogP contribution in [0.3, 0.4) is 0 Å². The third kappa shape index (κ3) is 4.03. The zero-order valence-electron chi connectivity index (χ0n) is 11.9. The van der Waals surface area contributed by atoms with E-state index in [1.165, 1.54) is 0 Å². The molecule has 0 aliphatic heterocycles. The van der Waals surface area contributed by atoms with Crippen LogP contribution >= 0.6 is 11.6 Å². The number of halogens is 1. The number of pyridine rings is 1. The van der Waals surface area contributed by atoms with Gasteiger partial charge in [-0.25, -0.2) is 0 Å². The van der Waals surface area contributed by atoms with Gasteiger partial charge in [0, 0.05) is 24.7 Å². The Morgan fingerprint density at radius 3 is 2.62 bits per heavy atom. The molecule has 1 aromatic heterocycles. The van der Waals surface area contributed by atoms with E-state index in [9.17, 15) is 4.79 Å². The van der Waals surface area contributed by atoms with E-state index in [0.29, 0.717) is 18.7 Å². The second-order valence-corrected chi connectivity index (χ2v) is 5.18. The first kappa shape index (κ1) is 15.5. The Morgan fingerprint density at radius 2 is 2.05 bits per heavy atom. The van der Waals surface area contributed by atoms with Gasteiger partial charge in [-0.05, 0) is 41.8 Å². The summed E-state index contributed by atoms with van der Waals surface area (Å²) in [5.74, 6) is -0.189. The maximum absolute atomic E-state index is 11.4. The number of aromatic nitrogens is 1. The zero-order chi connectivity index (χ0) is 15.2. The molecule has 110 valence electrons. The van der Waals surface area contributed by atoms with E-state index in [4.69, 9.17) is 17.3 Å². The van der Waals surface area contributed by atoms with Gasteiger partial charge in [0.05, 0.1) is 0 Å². The number of hydrogen-bond donors (Lipinski definition) is 2. The van der Waals surface area contributed by atoms with Gasteiger partial charge in [0.2, 0.25) is 0 Å². The number of carbonyl (C=O) groups is 1. The summed E-state index contributed by atoms with van der Waals surface area (Å²) in [4.78, 5) is 15.6. The summed E-state index contributed by atoms with van der Waals surface area (Å²) in [7, 11) is 1.58. The molecule has 0 aliphatic rings. The van der Waals surface area contributed by atoms with Crippen LogP contribution < -0.4 is 11.1 Å². The van der Waals surface area contributed by atoms with Crippen LogP contribution in [0.2, 0.25) is 5.02 Å². The predicted octanol–water partition coefficient (Wildman–Crippen LogP) is 2.19. The molecule has 0 saturated carbocycles. The zero-order valence-corrected chi connectivity index (χ0v) is 12.7. The third-order valence-electron chi connectivity index (χ3n) is 3.23. The molecule has 2 rings (SSSR count). The Balaban J connectivity index is 2.12. The highest BCUT2D eigenvalue weighted by Crippen LogP contribution is 2.21. The first-order valence-corrected chi connectivity index (χ1v) is 7.16. The van der Waals surface area contributed by atoms with Gasteiger partial charge in [0.1, 0.15) is 5.69 Å². The van der Waals surface area contributed by atoms with Gasteiger partial charge < -0.3 is 11.1 Å². The van der Waals surface area contributed by atoms with Crippen molar-refractivity contribution in [3.05, 3.63) is 63.9 Å². The summed E-state index contributed by atoms with van der Waals surface area (Å²) in [6.07, 6.45) is 3.21. The molecule has 3 N–H and O–H groups in total. The van der Waals surface area contributed by atoms with Crippen molar-refractivity contribution in [2.24, 2.45) is 5.73 Å². The maximum Gasteiger partial charge on any atom is 0.269 e. The van der Waals surface area contributed by atoms with Crippen LogP contribution in [-0.4, -0.2) is 24.5 Å². The molecule has 1 aromatic carbocycles. The van der Waals surface area contributed by atoms with E-state index < -0.39 is 0 Å². The minimum absolute atomic E-state index is 0.189. The van der Waals surface area contributed by atoms with Crippen LogP contribution in [0.5, 0.6) is 0 Å². The minimum Gasteiger partial charge on any atom is -0.354 e. The second kappa shape index (κ2) is 7.20. The maximum atomic E-state index is 11.4. The van der Waals surface area contributed by atoms with E-state index >= 15 is 0 Å². The van der Waals surface area contributed by atoms with Crippen LogP contribution in [0.15, 0.2) is 36.5 Å². The Hall–Kier alpha value is -1.91. The number of hydrogen-bond acceptors (Lipinski definition) is 3. The fraction of sp³-hybridized carbons (Fsp3) is 0.250. The predicted molar refractivity (Wildman–Crippen MR) is 84.6 cm³/mol. The van der Waals surface area contributed by atoms with Crippen LogP contribution in [0.4, 0.5) is 0 Å².